The maximum Gasteiger partial charge on any atom is 0.230 e. The van der Waals surface area contributed by atoms with Crippen molar-refractivity contribution in [1.82, 2.24) is 15.3 Å². The normalized spacial score (nSPS) is 14.5. The fourth-order valence-corrected chi connectivity index (χ4v) is 3.59. The van der Waals surface area contributed by atoms with Gasteiger partial charge in [0.2, 0.25) is 5.91 Å². The van der Waals surface area contributed by atoms with Crippen LogP contribution in [0, 0.1) is 0 Å². The fourth-order valence-electron chi connectivity index (χ4n) is 2.77. The topological polar surface area (TPSA) is 54.9 Å². The molecular formula is C18H21N3OS. The summed E-state index contributed by atoms with van der Waals surface area (Å²) in [5, 5.41) is 4.87. The number of rotatable bonds is 6. The minimum Gasteiger partial charge on any atom is -0.355 e. The van der Waals surface area contributed by atoms with E-state index in [0.29, 0.717) is 5.75 Å². The van der Waals surface area contributed by atoms with Crippen molar-refractivity contribution in [3.63, 3.8) is 0 Å². The average Bonchev–Trinajstić information content (AvgIpc) is 2.61. The summed E-state index contributed by atoms with van der Waals surface area (Å²) in [7, 11) is 0. The highest BCUT2D eigenvalue weighted by Gasteiger charge is 2.08. The lowest BCUT2D eigenvalue weighted by atomic mass is 9.97. The van der Waals surface area contributed by atoms with Crippen molar-refractivity contribution in [1.29, 1.82) is 0 Å². The Morgan fingerprint density at radius 2 is 2.13 bits per heavy atom. The Kier molecular flexibility index (Phi) is 5.64. The van der Waals surface area contributed by atoms with Crippen LogP contribution >= 0.6 is 11.8 Å². The molecule has 1 heterocycles. The van der Waals surface area contributed by atoms with Crippen molar-refractivity contribution >= 4 is 28.6 Å². The summed E-state index contributed by atoms with van der Waals surface area (Å²) in [6.45, 7) is 0.732. The Balaban J connectivity index is 1.47. The Morgan fingerprint density at radius 3 is 3.00 bits per heavy atom. The first-order chi connectivity index (χ1) is 11.3. The van der Waals surface area contributed by atoms with E-state index in [-0.39, 0.29) is 5.91 Å². The third kappa shape index (κ3) is 4.55. The van der Waals surface area contributed by atoms with Gasteiger partial charge in [0.25, 0.3) is 0 Å². The largest absolute Gasteiger partial charge is 0.355 e. The van der Waals surface area contributed by atoms with Gasteiger partial charge in [-0.25, -0.2) is 9.97 Å². The zero-order valence-corrected chi connectivity index (χ0v) is 13.9. The maximum absolute atomic E-state index is 12.0. The number of hydrogen-bond acceptors (Lipinski definition) is 4. The molecule has 1 aromatic carbocycles. The van der Waals surface area contributed by atoms with Crippen LogP contribution in [0.5, 0.6) is 0 Å². The lowest BCUT2D eigenvalue weighted by molar-refractivity contribution is -0.118. The number of para-hydroxylation sites is 1. The molecule has 0 radical (unpaired) electrons. The number of thioether (sulfide) groups is 1. The average molecular weight is 327 g/mol. The minimum atomic E-state index is 0.0640. The molecule has 0 unspecified atom stereocenters. The van der Waals surface area contributed by atoms with E-state index in [4.69, 9.17) is 0 Å². The van der Waals surface area contributed by atoms with Gasteiger partial charge < -0.3 is 5.32 Å². The highest BCUT2D eigenvalue weighted by molar-refractivity contribution is 8.00. The summed E-state index contributed by atoms with van der Waals surface area (Å²) in [5.74, 6) is 0.453. The van der Waals surface area contributed by atoms with Crippen LogP contribution in [-0.4, -0.2) is 28.2 Å². The Labute approximate surface area is 140 Å². The lowest BCUT2D eigenvalue weighted by Crippen LogP contribution is -2.26. The second-order valence-electron chi connectivity index (χ2n) is 5.69. The van der Waals surface area contributed by atoms with Gasteiger partial charge in [0.1, 0.15) is 11.4 Å². The fraction of sp³-hybridized carbons (Fsp3) is 0.389. The van der Waals surface area contributed by atoms with Gasteiger partial charge in [-0.1, -0.05) is 41.6 Å². The monoisotopic (exact) mass is 327 g/mol. The molecule has 4 nitrogen and oxygen atoms in total. The first kappa shape index (κ1) is 16.0. The first-order valence-corrected chi connectivity index (χ1v) is 9.08. The summed E-state index contributed by atoms with van der Waals surface area (Å²) in [4.78, 5) is 20.5. The molecule has 2 aromatic rings. The predicted molar refractivity (Wildman–Crippen MR) is 94.4 cm³/mol. The van der Waals surface area contributed by atoms with E-state index in [1.54, 1.807) is 6.33 Å². The minimum absolute atomic E-state index is 0.0640. The van der Waals surface area contributed by atoms with Crippen LogP contribution in [0.25, 0.3) is 10.9 Å². The number of nitrogens with zero attached hydrogens (tertiary/aromatic N) is 2. The highest BCUT2D eigenvalue weighted by atomic mass is 32.2. The van der Waals surface area contributed by atoms with Gasteiger partial charge in [0.05, 0.1) is 11.3 Å². The van der Waals surface area contributed by atoms with Crippen LogP contribution < -0.4 is 5.32 Å². The number of amides is 1. The van der Waals surface area contributed by atoms with Crippen LogP contribution in [0.15, 0.2) is 47.3 Å². The number of aromatic nitrogens is 2. The summed E-state index contributed by atoms with van der Waals surface area (Å²) >= 11 is 1.47. The van der Waals surface area contributed by atoms with Crippen LogP contribution in [0.2, 0.25) is 0 Å². The second-order valence-corrected chi connectivity index (χ2v) is 6.66. The van der Waals surface area contributed by atoms with E-state index in [0.717, 1.165) is 28.9 Å². The molecule has 1 aromatic heterocycles. The lowest BCUT2D eigenvalue weighted by Gasteiger charge is -2.12. The van der Waals surface area contributed by atoms with Gasteiger partial charge in [0.15, 0.2) is 0 Å². The highest BCUT2D eigenvalue weighted by Crippen LogP contribution is 2.24. The number of allylic oxidation sites excluding steroid dienone is 1. The van der Waals surface area contributed by atoms with Gasteiger partial charge in [0, 0.05) is 11.9 Å². The molecule has 0 spiro atoms. The van der Waals surface area contributed by atoms with Crippen LogP contribution in [-0.2, 0) is 4.79 Å². The molecule has 3 rings (SSSR count). The van der Waals surface area contributed by atoms with Crippen LogP contribution in [0.3, 0.4) is 0 Å². The molecule has 0 saturated heterocycles. The number of nitrogens with one attached hydrogen (secondary N) is 1. The predicted octanol–water partition coefficient (Wildman–Crippen LogP) is 3.73. The molecule has 0 saturated carbocycles. The third-order valence-corrected chi connectivity index (χ3v) is 5.00. The van der Waals surface area contributed by atoms with Gasteiger partial charge in [-0.15, -0.1) is 0 Å². The van der Waals surface area contributed by atoms with E-state index in [9.17, 15) is 4.79 Å². The quantitative estimate of drug-likeness (QED) is 0.499. The number of carbonyl (C=O) groups is 1. The molecule has 0 aliphatic heterocycles. The van der Waals surface area contributed by atoms with Crippen LogP contribution in [0.4, 0.5) is 0 Å². The van der Waals surface area contributed by atoms with Gasteiger partial charge in [-0.3, -0.25) is 4.79 Å². The zero-order valence-electron chi connectivity index (χ0n) is 13.1. The second kappa shape index (κ2) is 8.11. The molecule has 1 N–H and O–H groups in total. The molecule has 23 heavy (non-hydrogen) atoms. The number of carbonyl (C=O) groups excluding carboxylic acids is 1. The number of hydrogen-bond donors (Lipinski definition) is 1. The molecule has 0 fully saturated rings. The van der Waals surface area contributed by atoms with E-state index in [1.807, 2.05) is 24.3 Å². The van der Waals surface area contributed by atoms with Crippen molar-refractivity contribution in [2.24, 2.45) is 0 Å². The number of benzene rings is 1. The van der Waals surface area contributed by atoms with Crippen LogP contribution in [0.1, 0.15) is 32.1 Å². The Bertz CT molecular complexity index is 709. The zero-order chi connectivity index (χ0) is 15.9. The van der Waals surface area contributed by atoms with Crippen molar-refractivity contribution in [3.8, 4) is 0 Å². The first-order valence-electron chi connectivity index (χ1n) is 8.10. The van der Waals surface area contributed by atoms with E-state index in [2.05, 4.69) is 21.4 Å². The molecule has 0 bridgehead atoms. The smallest absolute Gasteiger partial charge is 0.230 e. The molecular weight excluding hydrogens is 306 g/mol. The van der Waals surface area contributed by atoms with E-state index in [1.165, 1.54) is 43.0 Å². The van der Waals surface area contributed by atoms with Gasteiger partial charge in [-0.2, -0.15) is 0 Å². The van der Waals surface area contributed by atoms with Crippen molar-refractivity contribution in [2.45, 2.75) is 37.1 Å². The van der Waals surface area contributed by atoms with Gasteiger partial charge >= 0.3 is 0 Å². The SMILES string of the molecule is O=C(CSc1ncnc2ccccc12)NCCC1=CCCCC1. The molecule has 0 atom stereocenters. The summed E-state index contributed by atoms with van der Waals surface area (Å²) in [6, 6.07) is 7.87. The van der Waals surface area contributed by atoms with Crippen molar-refractivity contribution in [3.05, 3.63) is 42.2 Å². The third-order valence-electron chi connectivity index (χ3n) is 4.00. The van der Waals surface area contributed by atoms with E-state index < -0.39 is 0 Å². The molecule has 120 valence electrons. The molecule has 5 heteroatoms. The van der Waals surface area contributed by atoms with Crippen molar-refractivity contribution < 1.29 is 4.79 Å². The maximum atomic E-state index is 12.0. The Hall–Kier alpha value is -1.88. The summed E-state index contributed by atoms with van der Waals surface area (Å²) in [5.41, 5.74) is 2.40. The molecule has 1 aliphatic carbocycles. The Morgan fingerprint density at radius 1 is 1.22 bits per heavy atom. The molecule has 1 aliphatic rings. The molecule has 1 amide bonds. The van der Waals surface area contributed by atoms with Gasteiger partial charge in [-0.05, 0) is 38.2 Å². The van der Waals surface area contributed by atoms with Crippen molar-refractivity contribution in [2.75, 3.05) is 12.3 Å². The summed E-state index contributed by atoms with van der Waals surface area (Å²) in [6.07, 6.45) is 9.84. The standard InChI is InChI=1S/C18H21N3OS/c22-17(19-11-10-14-6-2-1-3-7-14)12-23-18-15-8-4-5-9-16(15)20-13-21-18/h4-6,8-9,13H,1-3,7,10-12H2,(H,19,22). The number of fused-ring (bicyclic) bond motifs is 1. The van der Waals surface area contributed by atoms with E-state index >= 15 is 0 Å². The summed E-state index contributed by atoms with van der Waals surface area (Å²) < 4.78 is 0.